The van der Waals surface area contributed by atoms with E-state index in [1.54, 1.807) is 0 Å². The van der Waals surface area contributed by atoms with Crippen molar-refractivity contribution in [2.75, 3.05) is 0 Å². The molecule has 0 bridgehead atoms. The molecule has 1 aliphatic carbocycles. The molecule has 0 unspecified atom stereocenters. The molecule has 1 nitrogen and oxygen atoms in total. The molecule has 39 heavy (non-hydrogen) atoms. The van der Waals surface area contributed by atoms with E-state index >= 15 is 0 Å². The molecule has 2 heterocycles. The second-order valence-electron chi connectivity index (χ2n) is 10.5. The lowest BCUT2D eigenvalue weighted by Gasteiger charge is -2.40. The first-order valence-electron chi connectivity index (χ1n) is 13.5. The first kappa shape index (κ1) is 21.4. The van der Waals surface area contributed by atoms with Crippen molar-refractivity contribution in [3.63, 3.8) is 0 Å². The molecule has 0 fully saturated rings. The van der Waals surface area contributed by atoms with Crippen LogP contribution >= 0.6 is 11.8 Å². The Morgan fingerprint density at radius 3 is 1.62 bits per heavy atom. The summed E-state index contributed by atoms with van der Waals surface area (Å²) in [5, 5.41) is 2.58. The van der Waals surface area contributed by atoms with Gasteiger partial charge in [0, 0.05) is 26.3 Å². The molecule has 1 aromatic heterocycles. The lowest BCUT2D eigenvalue weighted by molar-refractivity contribution is 0.721. The van der Waals surface area contributed by atoms with Crippen LogP contribution in [0.15, 0.2) is 149 Å². The fraction of sp³-hybridized carbons (Fsp3) is 0.0270. The van der Waals surface area contributed by atoms with Gasteiger partial charge in [-0.3, -0.25) is 0 Å². The van der Waals surface area contributed by atoms with E-state index in [1.165, 1.54) is 70.7 Å². The fourth-order valence-electron chi connectivity index (χ4n) is 7.18. The highest BCUT2D eigenvalue weighted by Gasteiger charge is 2.50. The van der Waals surface area contributed by atoms with Crippen molar-refractivity contribution >= 4 is 33.6 Å². The third-order valence-corrected chi connectivity index (χ3v) is 9.82. The minimum Gasteiger partial charge on any atom is -0.309 e. The van der Waals surface area contributed by atoms with Crippen LogP contribution in [0.3, 0.4) is 0 Å². The van der Waals surface area contributed by atoms with Gasteiger partial charge in [0.15, 0.2) is 0 Å². The number of rotatable bonds is 1. The Hall–Kier alpha value is -4.53. The van der Waals surface area contributed by atoms with Crippen LogP contribution in [-0.4, -0.2) is 4.57 Å². The van der Waals surface area contributed by atoms with Crippen LogP contribution in [0.2, 0.25) is 0 Å². The number of para-hydroxylation sites is 2. The first-order valence-corrected chi connectivity index (χ1v) is 14.3. The summed E-state index contributed by atoms with van der Waals surface area (Å²) < 4.78 is 2.44. The summed E-state index contributed by atoms with van der Waals surface area (Å²) in [6.45, 7) is 0. The van der Waals surface area contributed by atoms with E-state index in [9.17, 15) is 0 Å². The Bertz CT molecular complexity index is 2020. The zero-order valence-corrected chi connectivity index (χ0v) is 22.0. The molecule has 0 saturated heterocycles. The van der Waals surface area contributed by atoms with Gasteiger partial charge in [-0.25, -0.2) is 0 Å². The van der Waals surface area contributed by atoms with Crippen LogP contribution in [0.25, 0.3) is 38.6 Å². The molecule has 0 N–H and O–H groups in total. The van der Waals surface area contributed by atoms with Crippen molar-refractivity contribution in [3.8, 4) is 16.8 Å². The molecule has 182 valence electrons. The Morgan fingerprint density at radius 2 is 0.949 bits per heavy atom. The quantitative estimate of drug-likeness (QED) is 0.211. The molecular weight excluding hydrogens is 490 g/mol. The Morgan fingerprint density at radius 1 is 0.436 bits per heavy atom. The van der Waals surface area contributed by atoms with Crippen LogP contribution in [0.1, 0.15) is 22.3 Å². The van der Waals surface area contributed by atoms with E-state index in [-0.39, 0.29) is 5.41 Å². The average Bonchev–Trinajstić information content (AvgIpc) is 3.49. The summed E-state index contributed by atoms with van der Waals surface area (Å²) in [6.07, 6.45) is 0. The van der Waals surface area contributed by atoms with E-state index < -0.39 is 0 Å². The topological polar surface area (TPSA) is 4.93 Å². The van der Waals surface area contributed by atoms with Crippen LogP contribution in [0, 0.1) is 0 Å². The standard InChI is InChI=1S/C37H23NS/c1-5-15-29-25(11-1)26-12-2-6-16-30(26)37(29)31-17-7-10-20-35(31)39-36-22-21-24(23-32(36)37)38-33-18-8-3-13-27(33)28-14-4-9-19-34(28)38/h1-23H. The monoisotopic (exact) mass is 513 g/mol. The van der Waals surface area contributed by atoms with Crippen molar-refractivity contribution < 1.29 is 0 Å². The van der Waals surface area contributed by atoms with Gasteiger partial charge in [-0.1, -0.05) is 115 Å². The minimum atomic E-state index is -0.362. The summed E-state index contributed by atoms with van der Waals surface area (Å²) in [7, 11) is 0. The van der Waals surface area contributed by atoms with E-state index in [0.29, 0.717) is 0 Å². The van der Waals surface area contributed by atoms with Crippen LogP contribution in [-0.2, 0) is 5.41 Å². The summed E-state index contributed by atoms with van der Waals surface area (Å²) >= 11 is 1.90. The van der Waals surface area contributed by atoms with E-state index in [0.717, 1.165) is 0 Å². The van der Waals surface area contributed by atoms with Crippen molar-refractivity contribution in [1.29, 1.82) is 0 Å². The van der Waals surface area contributed by atoms with Crippen molar-refractivity contribution in [2.45, 2.75) is 15.2 Å². The molecule has 0 atom stereocenters. The van der Waals surface area contributed by atoms with Gasteiger partial charge in [-0.15, -0.1) is 0 Å². The highest BCUT2D eigenvalue weighted by atomic mass is 32.2. The number of benzene rings is 6. The zero-order chi connectivity index (χ0) is 25.6. The van der Waals surface area contributed by atoms with Gasteiger partial charge in [-0.05, 0) is 69.8 Å². The molecule has 0 radical (unpaired) electrons. The van der Waals surface area contributed by atoms with E-state index in [2.05, 4.69) is 144 Å². The van der Waals surface area contributed by atoms with Crippen molar-refractivity contribution in [1.82, 2.24) is 4.57 Å². The van der Waals surface area contributed by atoms with Crippen molar-refractivity contribution in [2.24, 2.45) is 0 Å². The van der Waals surface area contributed by atoms with Crippen LogP contribution in [0.5, 0.6) is 0 Å². The zero-order valence-electron chi connectivity index (χ0n) is 21.1. The second-order valence-corrected chi connectivity index (χ2v) is 11.6. The summed E-state index contributed by atoms with van der Waals surface area (Å²) in [5.74, 6) is 0. The third kappa shape index (κ3) is 2.67. The van der Waals surface area contributed by atoms with Gasteiger partial charge in [0.2, 0.25) is 0 Å². The molecule has 2 aliphatic rings. The van der Waals surface area contributed by atoms with Gasteiger partial charge in [0.1, 0.15) is 0 Å². The van der Waals surface area contributed by atoms with Gasteiger partial charge >= 0.3 is 0 Å². The number of nitrogens with zero attached hydrogens (tertiary/aromatic N) is 1. The normalized spacial score (nSPS) is 14.3. The Kier molecular flexibility index (Phi) is 4.26. The number of hydrogen-bond acceptors (Lipinski definition) is 1. The lowest BCUT2D eigenvalue weighted by Crippen LogP contribution is -2.32. The number of hydrogen-bond donors (Lipinski definition) is 0. The second kappa shape index (κ2) is 7.75. The molecule has 0 amide bonds. The number of fused-ring (bicyclic) bond motifs is 12. The van der Waals surface area contributed by atoms with Crippen LogP contribution < -0.4 is 0 Å². The first-order chi connectivity index (χ1) is 19.4. The third-order valence-electron chi connectivity index (χ3n) is 8.67. The minimum absolute atomic E-state index is 0.362. The molecular formula is C37H23NS. The van der Waals surface area contributed by atoms with E-state index in [1.807, 2.05) is 11.8 Å². The highest BCUT2D eigenvalue weighted by molar-refractivity contribution is 7.99. The molecule has 9 rings (SSSR count). The smallest absolute Gasteiger partial charge is 0.0736 e. The fourth-order valence-corrected chi connectivity index (χ4v) is 8.36. The van der Waals surface area contributed by atoms with Gasteiger partial charge in [0.05, 0.1) is 16.4 Å². The predicted octanol–water partition coefficient (Wildman–Crippen LogP) is 9.61. The SMILES string of the molecule is c1ccc2c(c1)Sc1ccc(-n3c4ccccc4c4ccccc43)cc1C21c2ccccc2-c2ccccc21. The van der Waals surface area contributed by atoms with E-state index in [4.69, 9.17) is 0 Å². The molecule has 2 heteroatoms. The Labute approximate surface area is 231 Å². The molecule has 6 aromatic carbocycles. The van der Waals surface area contributed by atoms with Gasteiger partial charge in [0.25, 0.3) is 0 Å². The Balaban J connectivity index is 1.43. The molecule has 0 saturated carbocycles. The lowest BCUT2D eigenvalue weighted by atomic mass is 9.67. The average molecular weight is 514 g/mol. The van der Waals surface area contributed by atoms with Gasteiger partial charge in [-0.2, -0.15) is 0 Å². The maximum absolute atomic E-state index is 2.47. The van der Waals surface area contributed by atoms with Crippen LogP contribution in [0.4, 0.5) is 0 Å². The predicted molar refractivity (Wildman–Crippen MR) is 162 cm³/mol. The summed E-state index contributed by atoms with van der Waals surface area (Å²) in [4.78, 5) is 2.66. The number of aromatic nitrogens is 1. The summed E-state index contributed by atoms with van der Waals surface area (Å²) in [5.41, 5.74) is 11.5. The summed E-state index contributed by atoms with van der Waals surface area (Å²) in [6, 6.07) is 51.7. The molecule has 1 spiro atoms. The highest BCUT2D eigenvalue weighted by Crippen LogP contribution is 2.62. The molecule has 7 aromatic rings. The maximum atomic E-state index is 2.47. The largest absolute Gasteiger partial charge is 0.309 e. The molecule has 1 aliphatic heterocycles. The van der Waals surface area contributed by atoms with Crippen molar-refractivity contribution in [3.05, 3.63) is 162 Å². The van der Waals surface area contributed by atoms with Gasteiger partial charge < -0.3 is 4.57 Å². The maximum Gasteiger partial charge on any atom is 0.0736 e.